The third-order valence-electron chi connectivity index (χ3n) is 4.47. The van der Waals surface area contributed by atoms with Crippen molar-refractivity contribution < 1.29 is 4.39 Å². The quantitative estimate of drug-likeness (QED) is 0.847. The van der Waals surface area contributed by atoms with E-state index in [1.54, 1.807) is 6.07 Å². The second-order valence-corrected chi connectivity index (χ2v) is 6.32. The van der Waals surface area contributed by atoms with Gasteiger partial charge >= 0.3 is 0 Å². The topological polar surface area (TPSA) is 30.3 Å². The maximum atomic E-state index is 13.8. The summed E-state index contributed by atoms with van der Waals surface area (Å²) in [7, 11) is 0. The van der Waals surface area contributed by atoms with Crippen LogP contribution < -0.4 is 4.90 Å². The summed E-state index contributed by atoms with van der Waals surface area (Å²) in [5.74, 6) is -0.448. The zero-order valence-corrected chi connectivity index (χ0v) is 14.1. The summed E-state index contributed by atoms with van der Waals surface area (Å²) in [5.41, 5.74) is 2.00. The van der Waals surface area contributed by atoms with Gasteiger partial charge in [-0.1, -0.05) is 35.9 Å². The average molecular weight is 344 g/mol. The van der Waals surface area contributed by atoms with E-state index >= 15 is 0 Å². The molecule has 2 aromatic rings. The van der Waals surface area contributed by atoms with E-state index in [1.807, 2.05) is 30.3 Å². The molecule has 3 nitrogen and oxygen atoms in total. The number of rotatable bonds is 4. The minimum atomic E-state index is -0.448. The minimum absolute atomic E-state index is 0.141. The molecule has 1 fully saturated rings. The molecule has 1 aliphatic heterocycles. The number of benzene rings is 2. The van der Waals surface area contributed by atoms with Gasteiger partial charge < -0.3 is 4.90 Å². The van der Waals surface area contributed by atoms with Gasteiger partial charge in [-0.3, -0.25) is 4.90 Å². The second-order valence-electron chi connectivity index (χ2n) is 5.92. The fourth-order valence-corrected chi connectivity index (χ4v) is 3.31. The lowest BCUT2D eigenvalue weighted by Gasteiger charge is -2.36. The standard InChI is InChI=1S/C19H19ClFN3/c20-17-5-2-1-4-15(17)8-9-23-10-12-24(13-11-23)19-7-3-6-18(21)16(19)14-22/h1-7H,8-13H2. The molecule has 0 N–H and O–H groups in total. The predicted molar refractivity (Wildman–Crippen MR) is 94.9 cm³/mol. The van der Waals surface area contributed by atoms with Crippen LogP contribution in [0, 0.1) is 17.1 Å². The molecule has 0 aliphatic carbocycles. The lowest BCUT2D eigenvalue weighted by atomic mass is 10.1. The summed E-state index contributed by atoms with van der Waals surface area (Å²) in [6.45, 7) is 4.32. The summed E-state index contributed by atoms with van der Waals surface area (Å²) in [6, 6.07) is 14.7. The van der Waals surface area contributed by atoms with Crippen molar-refractivity contribution in [2.75, 3.05) is 37.6 Å². The monoisotopic (exact) mass is 343 g/mol. The highest BCUT2D eigenvalue weighted by Crippen LogP contribution is 2.24. The van der Waals surface area contributed by atoms with E-state index < -0.39 is 5.82 Å². The predicted octanol–water partition coefficient (Wildman–Crippen LogP) is 3.72. The maximum absolute atomic E-state index is 13.8. The van der Waals surface area contributed by atoms with E-state index in [9.17, 15) is 9.65 Å². The molecule has 0 saturated carbocycles. The van der Waals surface area contributed by atoms with Crippen LogP contribution in [0.15, 0.2) is 42.5 Å². The fourth-order valence-electron chi connectivity index (χ4n) is 3.08. The summed E-state index contributed by atoms with van der Waals surface area (Å²) >= 11 is 6.20. The first kappa shape index (κ1) is 16.8. The number of hydrogen-bond donors (Lipinski definition) is 0. The van der Waals surface area contributed by atoms with Gasteiger partial charge in [0, 0.05) is 37.7 Å². The van der Waals surface area contributed by atoms with Crippen LogP contribution in [0.4, 0.5) is 10.1 Å². The van der Waals surface area contributed by atoms with Crippen molar-refractivity contribution in [3.8, 4) is 6.07 Å². The molecule has 24 heavy (non-hydrogen) atoms. The number of anilines is 1. The van der Waals surface area contributed by atoms with E-state index in [0.29, 0.717) is 5.69 Å². The van der Waals surface area contributed by atoms with Crippen molar-refractivity contribution in [1.82, 2.24) is 4.90 Å². The molecule has 124 valence electrons. The van der Waals surface area contributed by atoms with Gasteiger partial charge in [-0.15, -0.1) is 0 Å². The Hall–Kier alpha value is -2.09. The molecular formula is C19H19ClFN3. The number of nitriles is 1. The van der Waals surface area contributed by atoms with Crippen LogP contribution in [0.25, 0.3) is 0 Å². The van der Waals surface area contributed by atoms with E-state index in [4.69, 9.17) is 11.6 Å². The Morgan fingerprint density at radius 3 is 2.50 bits per heavy atom. The Morgan fingerprint density at radius 1 is 1.04 bits per heavy atom. The number of piperazine rings is 1. The lowest BCUT2D eigenvalue weighted by molar-refractivity contribution is 0.261. The Morgan fingerprint density at radius 2 is 1.79 bits per heavy atom. The highest BCUT2D eigenvalue weighted by atomic mass is 35.5. The maximum Gasteiger partial charge on any atom is 0.143 e. The Labute approximate surface area is 146 Å². The largest absolute Gasteiger partial charge is 0.368 e. The summed E-state index contributed by atoms with van der Waals surface area (Å²) in [5, 5.41) is 9.99. The summed E-state index contributed by atoms with van der Waals surface area (Å²) in [4.78, 5) is 4.47. The van der Waals surface area contributed by atoms with E-state index in [2.05, 4.69) is 15.9 Å². The van der Waals surface area contributed by atoms with Crippen LogP contribution in [-0.4, -0.2) is 37.6 Å². The van der Waals surface area contributed by atoms with Crippen molar-refractivity contribution in [3.63, 3.8) is 0 Å². The van der Waals surface area contributed by atoms with Gasteiger partial charge in [-0.2, -0.15) is 5.26 Å². The smallest absolute Gasteiger partial charge is 0.143 e. The molecule has 3 rings (SSSR count). The Kier molecular flexibility index (Phi) is 5.34. The molecule has 0 atom stereocenters. The molecule has 2 aromatic carbocycles. The Balaban J connectivity index is 1.58. The molecule has 0 aromatic heterocycles. The molecule has 0 radical (unpaired) electrons. The first-order valence-electron chi connectivity index (χ1n) is 8.08. The first-order chi connectivity index (χ1) is 11.7. The van der Waals surface area contributed by atoms with Crippen LogP contribution >= 0.6 is 11.6 Å². The Bertz CT molecular complexity index is 749. The lowest BCUT2D eigenvalue weighted by Crippen LogP contribution is -2.47. The van der Waals surface area contributed by atoms with Crippen LogP contribution in [-0.2, 0) is 6.42 Å². The zero-order valence-electron chi connectivity index (χ0n) is 13.4. The molecule has 0 bridgehead atoms. The normalized spacial score (nSPS) is 15.3. The molecule has 1 heterocycles. The summed E-state index contributed by atoms with van der Waals surface area (Å²) < 4.78 is 13.8. The highest BCUT2D eigenvalue weighted by Gasteiger charge is 2.20. The van der Waals surface area contributed by atoms with Gasteiger partial charge in [0.25, 0.3) is 0 Å². The highest BCUT2D eigenvalue weighted by molar-refractivity contribution is 6.31. The van der Waals surface area contributed by atoms with Gasteiger partial charge in [0.2, 0.25) is 0 Å². The molecule has 0 spiro atoms. The van der Waals surface area contributed by atoms with Gasteiger partial charge in [0.05, 0.1) is 5.69 Å². The number of hydrogen-bond acceptors (Lipinski definition) is 3. The summed E-state index contributed by atoms with van der Waals surface area (Å²) in [6.07, 6.45) is 0.920. The zero-order chi connectivity index (χ0) is 16.9. The van der Waals surface area contributed by atoms with E-state index in [0.717, 1.165) is 44.2 Å². The third-order valence-corrected chi connectivity index (χ3v) is 4.84. The number of halogens is 2. The van der Waals surface area contributed by atoms with Gasteiger partial charge in [0.1, 0.15) is 17.4 Å². The van der Waals surface area contributed by atoms with E-state index in [1.165, 1.54) is 11.6 Å². The van der Waals surface area contributed by atoms with Crippen LogP contribution in [0.3, 0.4) is 0 Å². The molecular weight excluding hydrogens is 325 g/mol. The number of nitrogens with zero attached hydrogens (tertiary/aromatic N) is 3. The first-order valence-corrected chi connectivity index (χ1v) is 8.46. The van der Waals surface area contributed by atoms with Crippen LogP contribution in [0.2, 0.25) is 5.02 Å². The van der Waals surface area contributed by atoms with Crippen molar-refractivity contribution in [1.29, 1.82) is 5.26 Å². The van der Waals surface area contributed by atoms with E-state index in [-0.39, 0.29) is 5.56 Å². The molecule has 1 saturated heterocycles. The average Bonchev–Trinajstić information content (AvgIpc) is 2.61. The van der Waals surface area contributed by atoms with Crippen molar-refractivity contribution in [2.24, 2.45) is 0 Å². The minimum Gasteiger partial charge on any atom is -0.368 e. The molecule has 5 heteroatoms. The molecule has 0 amide bonds. The van der Waals surface area contributed by atoms with Crippen molar-refractivity contribution >= 4 is 17.3 Å². The van der Waals surface area contributed by atoms with Crippen LogP contribution in [0.5, 0.6) is 0 Å². The van der Waals surface area contributed by atoms with Crippen molar-refractivity contribution in [2.45, 2.75) is 6.42 Å². The van der Waals surface area contributed by atoms with Gasteiger partial charge in [-0.25, -0.2) is 4.39 Å². The third kappa shape index (κ3) is 3.69. The molecule has 0 unspecified atom stereocenters. The van der Waals surface area contributed by atoms with Gasteiger partial charge in [0.15, 0.2) is 0 Å². The van der Waals surface area contributed by atoms with Crippen LogP contribution in [0.1, 0.15) is 11.1 Å². The molecule has 1 aliphatic rings. The van der Waals surface area contributed by atoms with Crippen molar-refractivity contribution in [3.05, 3.63) is 64.4 Å². The fraction of sp³-hybridized carbons (Fsp3) is 0.316. The van der Waals surface area contributed by atoms with Gasteiger partial charge in [-0.05, 0) is 30.2 Å². The SMILES string of the molecule is N#Cc1c(F)cccc1N1CCN(CCc2ccccc2Cl)CC1. The second kappa shape index (κ2) is 7.65.